The number of rotatable bonds is 6. The summed E-state index contributed by atoms with van der Waals surface area (Å²) in [5.41, 5.74) is -0.113. The van der Waals surface area contributed by atoms with Crippen LogP contribution in [0.3, 0.4) is 0 Å². The topological polar surface area (TPSA) is 125 Å². The Kier molecular flexibility index (Phi) is 6.60. The minimum absolute atomic E-state index is 0.0789. The number of methoxy groups -OCH3 is 1. The first-order valence-electron chi connectivity index (χ1n) is 8.39. The number of ether oxygens (including phenoxy) is 2. The van der Waals surface area contributed by atoms with Crippen LogP contribution in [0.5, 0.6) is 5.75 Å². The van der Waals surface area contributed by atoms with Gasteiger partial charge in [-0.25, -0.2) is 18.4 Å². The predicted molar refractivity (Wildman–Crippen MR) is 94.2 cm³/mol. The number of carbonyl (C=O) groups is 2. The number of sulfonamides is 1. The van der Waals surface area contributed by atoms with Gasteiger partial charge in [-0.1, -0.05) is 19.8 Å². The molecule has 0 heterocycles. The van der Waals surface area contributed by atoms with E-state index in [0.717, 1.165) is 31.7 Å². The second kappa shape index (κ2) is 8.50. The maximum atomic E-state index is 12.2. The number of hydrogen-bond acceptors (Lipinski definition) is 6. The van der Waals surface area contributed by atoms with Crippen molar-refractivity contribution in [3.05, 3.63) is 23.8 Å². The van der Waals surface area contributed by atoms with Crippen molar-refractivity contribution in [2.45, 2.75) is 43.5 Å². The van der Waals surface area contributed by atoms with Crippen LogP contribution in [-0.4, -0.2) is 40.1 Å². The quantitative estimate of drug-likeness (QED) is 0.710. The lowest BCUT2D eigenvalue weighted by atomic mass is 9.86. The van der Waals surface area contributed by atoms with Crippen molar-refractivity contribution in [2.24, 2.45) is 11.1 Å². The first kappa shape index (κ1) is 20.2. The Labute approximate surface area is 153 Å². The van der Waals surface area contributed by atoms with Crippen LogP contribution >= 0.6 is 0 Å². The second-order valence-electron chi connectivity index (χ2n) is 6.42. The largest absolute Gasteiger partial charge is 0.496 e. The molecule has 3 N–H and O–H groups in total. The van der Waals surface area contributed by atoms with E-state index >= 15 is 0 Å². The number of amides is 1. The zero-order valence-corrected chi connectivity index (χ0v) is 15.7. The van der Waals surface area contributed by atoms with Crippen LogP contribution in [0.4, 0.5) is 0 Å². The maximum Gasteiger partial charge on any atom is 0.342 e. The average molecular weight is 384 g/mol. The molecule has 0 spiro atoms. The Bertz CT molecular complexity index is 777. The highest BCUT2D eigenvalue weighted by Crippen LogP contribution is 2.24. The number of primary sulfonamides is 1. The van der Waals surface area contributed by atoms with E-state index in [2.05, 4.69) is 12.2 Å². The lowest BCUT2D eigenvalue weighted by Gasteiger charge is -2.29. The van der Waals surface area contributed by atoms with Crippen molar-refractivity contribution in [1.82, 2.24) is 5.32 Å². The van der Waals surface area contributed by atoms with Gasteiger partial charge in [-0.15, -0.1) is 0 Å². The molecular weight excluding hydrogens is 360 g/mol. The van der Waals surface area contributed by atoms with E-state index in [-0.39, 0.29) is 22.3 Å². The Morgan fingerprint density at radius 1 is 1.27 bits per heavy atom. The van der Waals surface area contributed by atoms with Gasteiger partial charge in [0.2, 0.25) is 10.0 Å². The molecule has 2 atom stereocenters. The van der Waals surface area contributed by atoms with Gasteiger partial charge in [-0.2, -0.15) is 0 Å². The Morgan fingerprint density at radius 2 is 1.96 bits per heavy atom. The summed E-state index contributed by atoms with van der Waals surface area (Å²) in [4.78, 5) is 24.0. The summed E-state index contributed by atoms with van der Waals surface area (Å²) in [6.07, 6.45) is 4.18. The number of benzene rings is 1. The predicted octanol–water partition coefficient (Wildman–Crippen LogP) is 1.19. The molecule has 9 heteroatoms. The molecule has 1 saturated carbocycles. The van der Waals surface area contributed by atoms with Gasteiger partial charge in [0.05, 0.1) is 12.0 Å². The number of hydrogen-bond donors (Lipinski definition) is 2. The first-order chi connectivity index (χ1) is 12.2. The second-order valence-corrected chi connectivity index (χ2v) is 7.98. The summed E-state index contributed by atoms with van der Waals surface area (Å²) in [6, 6.07) is 3.68. The molecular formula is C17H24N2O6S. The molecule has 0 saturated heterocycles. The van der Waals surface area contributed by atoms with E-state index in [0.29, 0.717) is 5.92 Å². The molecule has 2 rings (SSSR count). The third kappa shape index (κ3) is 5.18. The third-order valence-corrected chi connectivity index (χ3v) is 5.42. The van der Waals surface area contributed by atoms with Gasteiger partial charge >= 0.3 is 5.97 Å². The average Bonchev–Trinajstić information content (AvgIpc) is 2.60. The summed E-state index contributed by atoms with van der Waals surface area (Å²) in [7, 11) is -2.65. The van der Waals surface area contributed by atoms with Crippen LogP contribution in [0, 0.1) is 5.92 Å². The fourth-order valence-corrected chi connectivity index (χ4v) is 3.55. The standard InChI is InChI=1S/C17H24N2O6S/c1-11-5-3-4-6-14(11)19-16(20)10-25-17(21)13-9-12(26(18,22)23)7-8-15(13)24-2/h7-9,11,14H,3-6,10H2,1-2H3,(H,19,20)(H2,18,22,23)/t11-,14+/m0/s1. The molecule has 1 aromatic carbocycles. The summed E-state index contributed by atoms with van der Waals surface area (Å²) < 4.78 is 32.9. The molecule has 1 aliphatic carbocycles. The van der Waals surface area contributed by atoms with Crippen LogP contribution < -0.4 is 15.2 Å². The fourth-order valence-electron chi connectivity index (χ4n) is 3.01. The number of esters is 1. The molecule has 0 aromatic heterocycles. The SMILES string of the molecule is COc1ccc(S(N)(=O)=O)cc1C(=O)OCC(=O)N[C@@H]1CCCC[C@@H]1C. The van der Waals surface area contributed by atoms with Gasteiger partial charge in [0, 0.05) is 6.04 Å². The van der Waals surface area contributed by atoms with Crippen molar-refractivity contribution in [2.75, 3.05) is 13.7 Å². The van der Waals surface area contributed by atoms with E-state index in [9.17, 15) is 18.0 Å². The molecule has 0 radical (unpaired) electrons. The molecule has 0 aliphatic heterocycles. The van der Waals surface area contributed by atoms with Crippen LogP contribution in [0.25, 0.3) is 0 Å². The molecule has 1 amide bonds. The molecule has 8 nitrogen and oxygen atoms in total. The smallest absolute Gasteiger partial charge is 0.342 e. The van der Waals surface area contributed by atoms with Crippen LogP contribution in [-0.2, 0) is 19.6 Å². The summed E-state index contributed by atoms with van der Waals surface area (Å²) in [5, 5.41) is 7.95. The number of nitrogens with one attached hydrogen (secondary N) is 1. The van der Waals surface area contributed by atoms with E-state index in [4.69, 9.17) is 14.6 Å². The van der Waals surface area contributed by atoms with Crippen molar-refractivity contribution in [1.29, 1.82) is 0 Å². The highest BCUT2D eigenvalue weighted by Gasteiger charge is 2.24. The van der Waals surface area contributed by atoms with Crippen LogP contribution in [0.2, 0.25) is 0 Å². The van der Waals surface area contributed by atoms with Gasteiger partial charge in [0.1, 0.15) is 11.3 Å². The molecule has 26 heavy (non-hydrogen) atoms. The van der Waals surface area contributed by atoms with Crippen LogP contribution in [0.1, 0.15) is 43.0 Å². The highest BCUT2D eigenvalue weighted by molar-refractivity contribution is 7.89. The minimum atomic E-state index is -3.98. The number of carbonyl (C=O) groups excluding carboxylic acids is 2. The lowest BCUT2D eigenvalue weighted by Crippen LogP contribution is -2.42. The van der Waals surface area contributed by atoms with Crippen molar-refractivity contribution in [3.8, 4) is 5.75 Å². The molecule has 0 unspecified atom stereocenters. The monoisotopic (exact) mass is 384 g/mol. The van der Waals surface area contributed by atoms with Gasteiger partial charge in [0.25, 0.3) is 5.91 Å². The minimum Gasteiger partial charge on any atom is -0.496 e. The fraction of sp³-hybridized carbons (Fsp3) is 0.529. The van der Waals surface area contributed by atoms with Crippen molar-refractivity contribution in [3.63, 3.8) is 0 Å². The highest BCUT2D eigenvalue weighted by atomic mass is 32.2. The van der Waals surface area contributed by atoms with Crippen LogP contribution in [0.15, 0.2) is 23.1 Å². The summed E-state index contributed by atoms with van der Waals surface area (Å²) in [6.45, 7) is 1.63. The molecule has 1 aromatic rings. The van der Waals surface area contributed by atoms with E-state index in [1.54, 1.807) is 0 Å². The Hall–Kier alpha value is -2.13. The van der Waals surface area contributed by atoms with Gasteiger partial charge in [0.15, 0.2) is 6.61 Å². The van der Waals surface area contributed by atoms with E-state index in [1.807, 2.05) is 0 Å². The molecule has 1 aliphatic rings. The lowest BCUT2D eigenvalue weighted by molar-refractivity contribution is -0.125. The van der Waals surface area contributed by atoms with Gasteiger partial charge in [-0.3, -0.25) is 4.79 Å². The van der Waals surface area contributed by atoms with Crippen molar-refractivity contribution >= 4 is 21.9 Å². The van der Waals surface area contributed by atoms with E-state index in [1.165, 1.54) is 19.2 Å². The zero-order valence-electron chi connectivity index (χ0n) is 14.9. The third-order valence-electron chi connectivity index (χ3n) is 4.51. The maximum absolute atomic E-state index is 12.2. The normalized spacial score (nSPS) is 20.3. The first-order valence-corrected chi connectivity index (χ1v) is 9.94. The van der Waals surface area contributed by atoms with Crippen molar-refractivity contribution < 1.29 is 27.5 Å². The summed E-state index contributed by atoms with van der Waals surface area (Å²) in [5.74, 6) is -0.739. The number of nitrogens with two attached hydrogens (primary N) is 1. The Balaban J connectivity index is 2.01. The van der Waals surface area contributed by atoms with Gasteiger partial charge in [-0.05, 0) is 37.0 Å². The molecule has 0 bridgehead atoms. The van der Waals surface area contributed by atoms with Gasteiger partial charge < -0.3 is 14.8 Å². The zero-order chi connectivity index (χ0) is 19.3. The van der Waals surface area contributed by atoms with E-state index < -0.39 is 28.5 Å². The Morgan fingerprint density at radius 3 is 2.58 bits per heavy atom. The summed E-state index contributed by atoms with van der Waals surface area (Å²) >= 11 is 0. The molecule has 1 fully saturated rings. The molecule has 144 valence electrons.